The monoisotopic (exact) mass is 449 g/mol. The molecule has 0 amide bonds. The van der Waals surface area contributed by atoms with Crippen LogP contribution in [-0.4, -0.2) is 66.5 Å². The van der Waals surface area contributed by atoms with Crippen LogP contribution in [0.2, 0.25) is 5.02 Å². The van der Waals surface area contributed by atoms with Gasteiger partial charge in [-0.25, -0.2) is 4.79 Å². The lowest BCUT2D eigenvalue weighted by molar-refractivity contribution is -0.141. The maximum Gasteiger partial charge on any atom is 0.511 e. The molecule has 1 saturated carbocycles. The Morgan fingerprint density at radius 1 is 1.19 bits per heavy atom. The molecular weight excluding hydrogens is 426 g/mol. The molecule has 9 nitrogen and oxygen atoms in total. The second-order valence-electron chi connectivity index (χ2n) is 7.80. The van der Waals surface area contributed by atoms with Gasteiger partial charge in [0, 0.05) is 38.8 Å². The van der Waals surface area contributed by atoms with Crippen LogP contribution in [0.5, 0.6) is 5.75 Å². The van der Waals surface area contributed by atoms with Crippen molar-refractivity contribution in [3.05, 3.63) is 33.6 Å². The van der Waals surface area contributed by atoms with Crippen molar-refractivity contribution in [1.82, 2.24) is 9.47 Å². The van der Waals surface area contributed by atoms with Crippen LogP contribution in [0, 0.1) is 0 Å². The maximum atomic E-state index is 12.8. The van der Waals surface area contributed by atoms with E-state index in [9.17, 15) is 14.4 Å². The van der Waals surface area contributed by atoms with E-state index in [2.05, 4.69) is 9.80 Å². The number of halogens is 1. The number of methoxy groups -OCH3 is 1. The van der Waals surface area contributed by atoms with Gasteiger partial charge in [0.15, 0.2) is 5.75 Å². The Bertz CT molecular complexity index is 1070. The highest BCUT2D eigenvalue weighted by Gasteiger charge is 2.28. The van der Waals surface area contributed by atoms with Gasteiger partial charge < -0.3 is 24.0 Å². The number of nitrogens with zero attached hydrogens (tertiary/aromatic N) is 3. The summed E-state index contributed by atoms with van der Waals surface area (Å²) in [6, 6.07) is 3.72. The third-order valence-corrected chi connectivity index (χ3v) is 6.08. The number of anilines is 1. The molecule has 2 aliphatic rings. The van der Waals surface area contributed by atoms with Crippen LogP contribution in [0.3, 0.4) is 0 Å². The van der Waals surface area contributed by atoms with Crippen molar-refractivity contribution >= 4 is 40.3 Å². The van der Waals surface area contributed by atoms with Gasteiger partial charge in [0.25, 0.3) is 0 Å². The van der Waals surface area contributed by atoms with Gasteiger partial charge in [-0.1, -0.05) is 11.6 Å². The first-order valence-corrected chi connectivity index (χ1v) is 10.6. The second-order valence-corrected chi connectivity index (χ2v) is 8.21. The van der Waals surface area contributed by atoms with Gasteiger partial charge in [-0.3, -0.25) is 14.5 Å². The number of aromatic nitrogens is 1. The molecule has 0 radical (unpaired) electrons. The highest BCUT2D eigenvalue weighted by Crippen LogP contribution is 2.40. The van der Waals surface area contributed by atoms with Crippen molar-refractivity contribution in [2.45, 2.75) is 25.3 Å². The van der Waals surface area contributed by atoms with E-state index in [4.69, 9.17) is 26.2 Å². The third kappa shape index (κ3) is 4.62. The number of carboxylic acid groups (broad SMARTS) is 1. The molecule has 1 aromatic heterocycles. The highest BCUT2D eigenvalue weighted by atomic mass is 35.5. The van der Waals surface area contributed by atoms with Gasteiger partial charge in [-0.05, 0) is 25.0 Å². The number of esters is 1. The first-order valence-electron chi connectivity index (χ1n) is 10.2. The van der Waals surface area contributed by atoms with E-state index >= 15 is 0 Å². The molecule has 1 saturated heterocycles. The maximum absolute atomic E-state index is 12.8. The largest absolute Gasteiger partial charge is 0.511 e. The number of rotatable bonds is 6. The summed E-state index contributed by atoms with van der Waals surface area (Å²) in [5.41, 5.74) is 1.07. The molecule has 1 N–H and O–H groups in total. The Labute approximate surface area is 183 Å². The third-order valence-electron chi connectivity index (χ3n) is 5.78. The molecule has 1 aliphatic carbocycles. The van der Waals surface area contributed by atoms with E-state index < -0.39 is 11.6 Å². The van der Waals surface area contributed by atoms with Gasteiger partial charge in [0.1, 0.15) is 0 Å². The van der Waals surface area contributed by atoms with E-state index in [1.54, 1.807) is 6.07 Å². The van der Waals surface area contributed by atoms with Crippen LogP contribution in [-0.2, 0) is 9.53 Å². The number of pyridine rings is 1. The quantitative estimate of drug-likeness (QED) is 0.672. The minimum atomic E-state index is -1.52. The fourth-order valence-electron chi connectivity index (χ4n) is 3.96. The summed E-state index contributed by atoms with van der Waals surface area (Å²) in [4.78, 5) is 39.5. The van der Waals surface area contributed by atoms with Crippen molar-refractivity contribution in [3.8, 4) is 5.75 Å². The zero-order valence-electron chi connectivity index (χ0n) is 17.2. The van der Waals surface area contributed by atoms with Crippen molar-refractivity contribution in [3.63, 3.8) is 0 Å². The first kappa shape index (κ1) is 21.5. The molecule has 2 aromatic rings. The Balaban J connectivity index is 1.61. The number of piperazine rings is 1. The molecule has 0 bridgehead atoms. The topological polar surface area (TPSA) is 101 Å². The number of carbonyl (C=O) groups is 2. The van der Waals surface area contributed by atoms with Crippen molar-refractivity contribution in [2.24, 2.45) is 0 Å². The van der Waals surface area contributed by atoms with Gasteiger partial charge in [0.2, 0.25) is 5.43 Å². The van der Waals surface area contributed by atoms with Crippen molar-refractivity contribution < 1.29 is 24.2 Å². The molecule has 1 aromatic carbocycles. The minimum absolute atomic E-state index is 0.212. The Morgan fingerprint density at radius 2 is 1.90 bits per heavy atom. The average Bonchev–Trinajstić information content (AvgIpc) is 3.59. The normalized spacial score (nSPS) is 17.0. The number of benzene rings is 1. The predicted molar refractivity (Wildman–Crippen MR) is 115 cm³/mol. The molecule has 1 aliphatic heterocycles. The highest BCUT2D eigenvalue weighted by molar-refractivity contribution is 6.34. The molecule has 2 fully saturated rings. The number of hydrogen-bond acceptors (Lipinski definition) is 7. The standard InChI is InChI=1S/C21H24ClN3O6/c1-30-19(26)4-5-23-6-8-24(9-7-23)17-11-16-14(10-15(17)22)20(27)18(31-21(28)29)12-25(16)13-2-3-13/h10-13H,2-9H2,1H3,(H,28,29). The summed E-state index contributed by atoms with van der Waals surface area (Å²) in [5.74, 6) is -0.431. The van der Waals surface area contributed by atoms with E-state index in [-0.39, 0.29) is 17.8 Å². The molecule has 4 rings (SSSR count). The smallest absolute Gasteiger partial charge is 0.469 e. The summed E-state index contributed by atoms with van der Waals surface area (Å²) in [6.45, 7) is 3.69. The molecule has 31 heavy (non-hydrogen) atoms. The first-order chi connectivity index (χ1) is 14.9. The number of ether oxygens (including phenoxy) is 2. The van der Waals surface area contributed by atoms with Gasteiger partial charge >= 0.3 is 12.1 Å². The minimum Gasteiger partial charge on any atom is -0.469 e. The molecule has 2 heterocycles. The Kier molecular flexibility index (Phi) is 6.06. The average molecular weight is 450 g/mol. The van der Waals surface area contributed by atoms with E-state index in [0.29, 0.717) is 23.4 Å². The number of hydrogen-bond donors (Lipinski definition) is 1. The van der Waals surface area contributed by atoms with Gasteiger partial charge in [-0.15, -0.1) is 0 Å². The SMILES string of the molecule is COC(=O)CCN1CCN(c2cc3c(cc2Cl)c(=O)c(OC(=O)O)cn3C2CC2)CC1. The second kappa shape index (κ2) is 8.76. The molecular formula is C21H24ClN3O6. The van der Waals surface area contributed by atoms with Gasteiger partial charge in [-0.2, -0.15) is 0 Å². The lowest BCUT2D eigenvalue weighted by Gasteiger charge is -2.36. The lowest BCUT2D eigenvalue weighted by atomic mass is 10.1. The number of carbonyl (C=O) groups excluding carboxylic acids is 1. The lowest BCUT2D eigenvalue weighted by Crippen LogP contribution is -2.47. The Hall–Kier alpha value is -2.78. The van der Waals surface area contributed by atoms with Crippen LogP contribution in [0.4, 0.5) is 10.5 Å². The van der Waals surface area contributed by atoms with Crippen molar-refractivity contribution in [2.75, 3.05) is 44.7 Å². The fraction of sp³-hybridized carbons (Fsp3) is 0.476. The molecule has 0 unspecified atom stereocenters. The summed E-state index contributed by atoms with van der Waals surface area (Å²) in [5, 5.41) is 9.73. The molecule has 0 spiro atoms. The summed E-state index contributed by atoms with van der Waals surface area (Å²) in [6.07, 6.45) is 2.25. The molecule has 0 atom stereocenters. The van der Waals surface area contributed by atoms with E-state index in [1.807, 2.05) is 10.6 Å². The Morgan fingerprint density at radius 3 is 2.52 bits per heavy atom. The van der Waals surface area contributed by atoms with Crippen molar-refractivity contribution in [1.29, 1.82) is 0 Å². The number of fused-ring (bicyclic) bond motifs is 1. The molecule has 10 heteroatoms. The van der Waals surface area contributed by atoms with Crippen LogP contribution >= 0.6 is 11.6 Å². The van der Waals surface area contributed by atoms with Crippen LogP contribution < -0.4 is 15.1 Å². The van der Waals surface area contributed by atoms with Crippen LogP contribution in [0.1, 0.15) is 25.3 Å². The summed E-state index contributed by atoms with van der Waals surface area (Å²) < 4.78 is 11.3. The fourth-order valence-corrected chi connectivity index (χ4v) is 4.24. The summed E-state index contributed by atoms with van der Waals surface area (Å²) in [7, 11) is 1.39. The van der Waals surface area contributed by atoms with Crippen LogP contribution in [0.15, 0.2) is 23.1 Å². The van der Waals surface area contributed by atoms with Gasteiger partial charge in [0.05, 0.1) is 41.3 Å². The van der Waals surface area contributed by atoms with Crippen LogP contribution in [0.25, 0.3) is 10.9 Å². The molecule has 166 valence electrons. The van der Waals surface area contributed by atoms with E-state index in [0.717, 1.165) is 50.2 Å². The zero-order chi connectivity index (χ0) is 22.1. The predicted octanol–water partition coefficient (Wildman–Crippen LogP) is 2.73. The van der Waals surface area contributed by atoms with E-state index in [1.165, 1.54) is 13.3 Å². The summed E-state index contributed by atoms with van der Waals surface area (Å²) >= 11 is 6.55. The zero-order valence-corrected chi connectivity index (χ0v) is 17.9.